The molecule has 0 atom stereocenters. The highest BCUT2D eigenvalue weighted by atomic mass is 16.5. The van der Waals surface area contributed by atoms with Gasteiger partial charge in [-0.3, -0.25) is 0 Å². The van der Waals surface area contributed by atoms with Gasteiger partial charge in [0.05, 0.1) is 7.11 Å². The van der Waals surface area contributed by atoms with Crippen LogP contribution in [0, 0.1) is 0 Å². The van der Waals surface area contributed by atoms with Crippen LogP contribution in [0.1, 0.15) is 12.5 Å². The quantitative estimate of drug-likeness (QED) is 0.658. The SMILES string of the molecule is CCN(c1ccccc1)c1ccnc(NCCc2ccccc2OC)n1. The van der Waals surface area contributed by atoms with E-state index in [4.69, 9.17) is 4.74 Å². The first-order valence-corrected chi connectivity index (χ1v) is 8.83. The fourth-order valence-corrected chi connectivity index (χ4v) is 2.89. The molecule has 1 aromatic heterocycles. The second kappa shape index (κ2) is 8.85. The first-order valence-electron chi connectivity index (χ1n) is 8.83. The molecule has 1 N–H and O–H groups in total. The molecule has 0 fully saturated rings. The minimum absolute atomic E-state index is 0.631. The third kappa shape index (κ3) is 4.30. The van der Waals surface area contributed by atoms with Gasteiger partial charge in [0.1, 0.15) is 11.6 Å². The molecule has 0 saturated heterocycles. The Kier molecular flexibility index (Phi) is 6.04. The van der Waals surface area contributed by atoms with Crippen LogP contribution in [0.5, 0.6) is 5.75 Å². The summed E-state index contributed by atoms with van der Waals surface area (Å²) in [4.78, 5) is 11.2. The van der Waals surface area contributed by atoms with Crippen LogP contribution in [-0.2, 0) is 6.42 Å². The molecule has 0 radical (unpaired) electrons. The number of hydrogen-bond donors (Lipinski definition) is 1. The van der Waals surface area contributed by atoms with Gasteiger partial charge in [-0.2, -0.15) is 4.98 Å². The molecule has 5 nitrogen and oxygen atoms in total. The third-order valence-electron chi connectivity index (χ3n) is 4.17. The van der Waals surface area contributed by atoms with Crippen LogP contribution in [0.2, 0.25) is 0 Å². The predicted octanol–water partition coefficient (Wildman–Crippen LogP) is 4.30. The smallest absolute Gasteiger partial charge is 0.224 e. The Morgan fingerprint density at radius 1 is 1.00 bits per heavy atom. The maximum atomic E-state index is 5.40. The molecule has 0 amide bonds. The van der Waals surface area contributed by atoms with Crippen LogP contribution in [0.25, 0.3) is 0 Å². The minimum Gasteiger partial charge on any atom is -0.496 e. The first-order chi connectivity index (χ1) is 12.8. The molecule has 0 aliphatic rings. The lowest BCUT2D eigenvalue weighted by molar-refractivity contribution is 0.410. The Bertz CT molecular complexity index is 823. The molecule has 26 heavy (non-hydrogen) atoms. The summed E-state index contributed by atoms with van der Waals surface area (Å²) in [6.45, 7) is 3.69. The summed E-state index contributed by atoms with van der Waals surface area (Å²) >= 11 is 0. The molecule has 2 aromatic carbocycles. The molecule has 3 rings (SSSR count). The van der Waals surface area contributed by atoms with Crippen molar-refractivity contribution in [1.29, 1.82) is 0 Å². The largest absolute Gasteiger partial charge is 0.496 e. The van der Waals surface area contributed by atoms with Gasteiger partial charge in [-0.1, -0.05) is 36.4 Å². The van der Waals surface area contributed by atoms with Crippen molar-refractivity contribution in [3.63, 3.8) is 0 Å². The third-order valence-corrected chi connectivity index (χ3v) is 4.17. The van der Waals surface area contributed by atoms with E-state index in [0.717, 1.165) is 42.3 Å². The van der Waals surface area contributed by atoms with Crippen molar-refractivity contribution in [3.8, 4) is 5.75 Å². The average molecular weight is 348 g/mol. The molecule has 1 heterocycles. The van der Waals surface area contributed by atoms with Gasteiger partial charge in [0.15, 0.2) is 0 Å². The van der Waals surface area contributed by atoms with Crippen molar-refractivity contribution in [1.82, 2.24) is 9.97 Å². The summed E-state index contributed by atoms with van der Waals surface area (Å²) in [7, 11) is 1.70. The van der Waals surface area contributed by atoms with E-state index in [0.29, 0.717) is 5.95 Å². The number of nitrogens with zero attached hydrogens (tertiary/aromatic N) is 3. The van der Waals surface area contributed by atoms with Crippen molar-refractivity contribution in [3.05, 3.63) is 72.4 Å². The maximum absolute atomic E-state index is 5.40. The average Bonchev–Trinajstić information content (AvgIpc) is 2.70. The number of aromatic nitrogens is 2. The number of nitrogens with one attached hydrogen (secondary N) is 1. The zero-order valence-electron chi connectivity index (χ0n) is 15.2. The summed E-state index contributed by atoms with van der Waals surface area (Å²) in [5, 5.41) is 3.31. The molecule has 134 valence electrons. The summed E-state index contributed by atoms with van der Waals surface area (Å²) in [5.41, 5.74) is 2.28. The van der Waals surface area contributed by atoms with Crippen molar-refractivity contribution in [2.45, 2.75) is 13.3 Å². The normalized spacial score (nSPS) is 10.4. The van der Waals surface area contributed by atoms with E-state index < -0.39 is 0 Å². The van der Waals surface area contributed by atoms with E-state index in [2.05, 4.69) is 45.3 Å². The zero-order valence-corrected chi connectivity index (χ0v) is 15.2. The lowest BCUT2D eigenvalue weighted by atomic mass is 10.1. The van der Waals surface area contributed by atoms with E-state index >= 15 is 0 Å². The monoisotopic (exact) mass is 348 g/mol. The lowest BCUT2D eigenvalue weighted by Gasteiger charge is -2.22. The number of benzene rings is 2. The first kappa shape index (κ1) is 17.7. The van der Waals surface area contributed by atoms with Crippen LogP contribution in [-0.4, -0.2) is 30.2 Å². The number of hydrogen-bond acceptors (Lipinski definition) is 5. The van der Waals surface area contributed by atoms with E-state index in [1.165, 1.54) is 0 Å². The van der Waals surface area contributed by atoms with Crippen LogP contribution < -0.4 is 15.0 Å². The molecular weight excluding hydrogens is 324 g/mol. The predicted molar refractivity (Wildman–Crippen MR) is 106 cm³/mol. The van der Waals surface area contributed by atoms with Gasteiger partial charge in [0.2, 0.25) is 5.95 Å². The molecule has 0 saturated carbocycles. The number of anilines is 3. The van der Waals surface area contributed by atoms with Gasteiger partial charge in [0, 0.05) is 25.0 Å². The van der Waals surface area contributed by atoms with Crippen molar-refractivity contribution in [2.24, 2.45) is 0 Å². The summed E-state index contributed by atoms with van der Waals surface area (Å²) in [6, 6.07) is 20.2. The van der Waals surface area contributed by atoms with Gasteiger partial charge < -0.3 is 15.0 Å². The lowest BCUT2D eigenvalue weighted by Crippen LogP contribution is -2.18. The Hall–Kier alpha value is -3.08. The molecule has 5 heteroatoms. The van der Waals surface area contributed by atoms with E-state index in [-0.39, 0.29) is 0 Å². The van der Waals surface area contributed by atoms with Crippen LogP contribution in [0.4, 0.5) is 17.5 Å². The fourth-order valence-electron chi connectivity index (χ4n) is 2.89. The molecule has 0 unspecified atom stereocenters. The Morgan fingerprint density at radius 3 is 2.54 bits per heavy atom. The van der Waals surface area contributed by atoms with Gasteiger partial charge in [-0.05, 0) is 43.2 Å². The van der Waals surface area contributed by atoms with Crippen LogP contribution in [0.15, 0.2) is 66.9 Å². The number of para-hydroxylation sites is 2. The van der Waals surface area contributed by atoms with Crippen molar-refractivity contribution in [2.75, 3.05) is 30.4 Å². The van der Waals surface area contributed by atoms with Crippen molar-refractivity contribution >= 4 is 17.5 Å². The number of ether oxygens (including phenoxy) is 1. The van der Waals surface area contributed by atoms with Crippen molar-refractivity contribution < 1.29 is 4.74 Å². The summed E-state index contributed by atoms with van der Waals surface area (Å²) in [6.07, 6.45) is 2.63. The zero-order chi connectivity index (χ0) is 18.2. The minimum atomic E-state index is 0.631. The van der Waals surface area contributed by atoms with Crippen LogP contribution >= 0.6 is 0 Å². The molecule has 0 aliphatic heterocycles. The van der Waals surface area contributed by atoms with Gasteiger partial charge in [-0.25, -0.2) is 4.98 Å². The Morgan fingerprint density at radius 2 is 1.77 bits per heavy atom. The molecule has 3 aromatic rings. The van der Waals surface area contributed by atoms with Gasteiger partial charge in [-0.15, -0.1) is 0 Å². The highest BCUT2D eigenvalue weighted by molar-refractivity contribution is 5.60. The Labute approximate surface area is 154 Å². The summed E-state index contributed by atoms with van der Waals surface area (Å²) in [5.74, 6) is 2.42. The standard InChI is InChI=1S/C21H24N4O/c1-3-25(18-10-5-4-6-11-18)20-14-16-23-21(24-20)22-15-13-17-9-7-8-12-19(17)26-2/h4-12,14,16H,3,13,15H2,1-2H3,(H,22,23,24). The van der Waals surface area contributed by atoms with Crippen LogP contribution in [0.3, 0.4) is 0 Å². The number of methoxy groups -OCH3 is 1. The second-order valence-electron chi connectivity index (χ2n) is 5.81. The van der Waals surface area contributed by atoms with E-state index in [9.17, 15) is 0 Å². The fraction of sp³-hybridized carbons (Fsp3) is 0.238. The second-order valence-corrected chi connectivity index (χ2v) is 5.81. The highest BCUT2D eigenvalue weighted by Crippen LogP contribution is 2.23. The topological polar surface area (TPSA) is 50.3 Å². The summed E-state index contributed by atoms with van der Waals surface area (Å²) < 4.78 is 5.40. The number of rotatable bonds is 8. The Balaban J connectivity index is 1.67. The van der Waals surface area contributed by atoms with E-state index in [1.54, 1.807) is 13.3 Å². The molecule has 0 aliphatic carbocycles. The molecule has 0 bridgehead atoms. The van der Waals surface area contributed by atoms with E-state index in [1.807, 2.05) is 42.5 Å². The van der Waals surface area contributed by atoms with Gasteiger partial charge in [0.25, 0.3) is 0 Å². The molecule has 0 spiro atoms. The molecular formula is C21H24N4O. The highest BCUT2D eigenvalue weighted by Gasteiger charge is 2.09. The van der Waals surface area contributed by atoms with Gasteiger partial charge >= 0.3 is 0 Å². The maximum Gasteiger partial charge on any atom is 0.224 e.